The average Bonchev–Trinajstić information content (AvgIpc) is 2.81. The van der Waals surface area contributed by atoms with E-state index in [-0.39, 0.29) is 11.5 Å². The number of fused-ring (bicyclic) bond motifs is 1. The topological polar surface area (TPSA) is 85.9 Å². The van der Waals surface area contributed by atoms with Crippen LogP contribution >= 0.6 is 0 Å². The van der Waals surface area contributed by atoms with Crippen LogP contribution < -0.4 is 5.32 Å². The fourth-order valence-electron chi connectivity index (χ4n) is 2.36. The Hall–Kier alpha value is -2.96. The first-order valence-electron chi connectivity index (χ1n) is 6.81. The number of imidazole rings is 1. The minimum atomic E-state index is -0.451. The maximum absolute atomic E-state index is 11.0. The first kappa shape index (κ1) is 14.0. The number of aromatic nitrogens is 3. The molecule has 0 fully saturated rings. The number of nitro groups is 1. The third kappa shape index (κ3) is 2.48. The van der Waals surface area contributed by atoms with Crippen LogP contribution in [0.15, 0.2) is 36.5 Å². The van der Waals surface area contributed by atoms with Gasteiger partial charge in [-0.15, -0.1) is 0 Å². The van der Waals surface area contributed by atoms with Gasteiger partial charge in [0.15, 0.2) is 0 Å². The van der Waals surface area contributed by atoms with E-state index in [9.17, 15) is 10.1 Å². The second-order valence-corrected chi connectivity index (χ2v) is 5.06. The lowest BCUT2D eigenvalue weighted by molar-refractivity contribution is -0.384. The van der Waals surface area contributed by atoms with Crippen molar-refractivity contribution in [1.29, 1.82) is 0 Å². The molecule has 0 aliphatic heterocycles. The van der Waals surface area contributed by atoms with Crippen molar-refractivity contribution in [3.8, 4) is 0 Å². The summed E-state index contributed by atoms with van der Waals surface area (Å²) in [5, 5.41) is 14.0. The second-order valence-electron chi connectivity index (χ2n) is 5.06. The smallest absolute Gasteiger partial charge is 0.311 e. The molecule has 0 aliphatic rings. The van der Waals surface area contributed by atoms with Crippen LogP contribution in [0.25, 0.3) is 11.0 Å². The van der Waals surface area contributed by atoms with Gasteiger partial charge in [0.05, 0.1) is 22.5 Å². The van der Waals surface area contributed by atoms with Gasteiger partial charge in [0, 0.05) is 19.3 Å². The summed E-state index contributed by atoms with van der Waals surface area (Å²) in [6.45, 7) is 2.38. The Morgan fingerprint density at radius 1 is 1.36 bits per heavy atom. The quantitative estimate of drug-likeness (QED) is 0.591. The number of anilines is 1. The van der Waals surface area contributed by atoms with Crippen molar-refractivity contribution in [3.63, 3.8) is 0 Å². The van der Waals surface area contributed by atoms with Gasteiger partial charge in [-0.3, -0.25) is 10.1 Å². The number of hydrogen-bond acceptors (Lipinski definition) is 5. The molecule has 1 N–H and O–H groups in total. The van der Waals surface area contributed by atoms with Crippen LogP contribution in [0.1, 0.15) is 11.4 Å². The van der Waals surface area contributed by atoms with Gasteiger partial charge in [0.2, 0.25) is 5.82 Å². The summed E-state index contributed by atoms with van der Waals surface area (Å²) in [5.74, 6) is 1.04. The largest absolute Gasteiger partial charge is 0.357 e. The lowest BCUT2D eigenvalue weighted by Crippen LogP contribution is -2.08. The predicted octanol–water partition coefficient (Wildman–Crippen LogP) is 2.80. The molecule has 3 rings (SSSR count). The van der Waals surface area contributed by atoms with Crippen LogP contribution in [0.4, 0.5) is 11.5 Å². The van der Waals surface area contributed by atoms with E-state index in [1.807, 2.05) is 36.7 Å². The minimum Gasteiger partial charge on any atom is -0.357 e. The predicted molar refractivity (Wildman–Crippen MR) is 83.7 cm³/mol. The molecule has 0 atom stereocenters. The lowest BCUT2D eigenvalue weighted by Gasteiger charge is -2.06. The second kappa shape index (κ2) is 5.44. The Bertz CT molecular complexity index is 856. The highest BCUT2D eigenvalue weighted by Gasteiger charge is 2.15. The maximum atomic E-state index is 11.0. The number of nitrogens with one attached hydrogen (secondary N) is 1. The third-order valence-electron chi connectivity index (χ3n) is 3.53. The number of aryl methyl sites for hydroxylation is 2. The van der Waals surface area contributed by atoms with E-state index in [2.05, 4.69) is 15.3 Å². The van der Waals surface area contributed by atoms with Gasteiger partial charge in [-0.25, -0.2) is 9.97 Å². The SMILES string of the molecule is Cc1ccc2c(c1)nc(CNc1ncccc1[N+](=O)[O-])n2C. The van der Waals surface area contributed by atoms with E-state index < -0.39 is 4.92 Å². The van der Waals surface area contributed by atoms with Crippen LogP contribution in [0, 0.1) is 17.0 Å². The summed E-state index contributed by atoms with van der Waals surface area (Å²) in [7, 11) is 1.93. The van der Waals surface area contributed by atoms with E-state index in [1.165, 1.54) is 12.3 Å². The standard InChI is InChI=1S/C15H15N5O2/c1-10-5-6-12-11(8-10)18-14(19(12)2)9-17-15-13(20(21)22)4-3-7-16-15/h3-8H,9H2,1-2H3,(H,16,17). The normalized spacial score (nSPS) is 10.8. The summed E-state index contributed by atoms with van der Waals surface area (Å²) in [4.78, 5) is 19.1. The van der Waals surface area contributed by atoms with Crippen LogP contribution in [0.3, 0.4) is 0 Å². The molecular weight excluding hydrogens is 282 g/mol. The molecule has 0 saturated heterocycles. The molecule has 112 valence electrons. The zero-order valence-corrected chi connectivity index (χ0v) is 12.3. The highest BCUT2D eigenvalue weighted by molar-refractivity contribution is 5.76. The first-order chi connectivity index (χ1) is 10.6. The van der Waals surface area contributed by atoms with Crippen molar-refractivity contribution in [1.82, 2.24) is 14.5 Å². The molecule has 3 aromatic rings. The van der Waals surface area contributed by atoms with Gasteiger partial charge in [-0.2, -0.15) is 0 Å². The maximum Gasteiger partial charge on any atom is 0.311 e. The van der Waals surface area contributed by atoms with Crippen molar-refractivity contribution < 1.29 is 4.92 Å². The Balaban J connectivity index is 1.88. The number of rotatable bonds is 4. The van der Waals surface area contributed by atoms with Gasteiger partial charge in [-0.1, -0.05) is 6.07 Å². The summed E-state index contributed by atoms with van der Waals surface area (Å²) < 4.78 is 1.97. The van der Waals surface area contributed by atoms with E-state index in [1.54, 1.807) is 6.07 Å². The molecule has 7 heteroatoms. The van der Waals surface area contributed by atoms with Crippen LogP contribution in [-0.4, -0.2) is 19.5 Å². The fourth-order valence-corrected chi connectivity index (χ4v) is 2.36. The van der Waals surface area contributed by atoms with Gasteiger partial charge in [0.25, 0.3) is 0 Å². The van der Waals surface area contributed by atoms with E-state index in [0.29, 0.717) is 6.54 Å². The molecule has 0 aliphatic carbocycles. The average molecular weight is 297 g/mol. The Morgan fingerprint density at radius 3 is 2.95 bits per heavy atom. The van der Waals surface area contributed by atoms with Crippen molar-refractivity contribution in [3.05, 3.63) is 58.0 Å². The molecule has 2 aromatic heterocycles. The monoisotopic (exact) mass is 297 g/mol. The zero-order chi connectivity index (χ0) is 15.7. The van der Waals surface area contributed by atoms with Gasteiger partial charge < -0.3 is 9.88 Å². The Labute approximate surface area is 126 Å². The fraction of sp³-hybridized carbons (Fsp3) is 0.200. The van der Waals surface area contributed by atoms with Crippen molar-refractivity contribution >= 4 is 22.5 Å². The molecular formula is C15H15N5O2. The van der Waals surface area contributed by atoms with Crippen molar-refractivity contribution in [2.45, 2.75) is 13.5 Å². The lowest BCUT2D eigenvalue weighted by atomic mass is 10.2. The van der Waals surface area contributed by atoms with Gasteiger partial charge in [0.1, 0.15) is 5.82 Å². The molecule has 7 nitrogen and oxygen atoms in total. The zero-order valence-electron chi connectivity index (χ0n) is 12.3. The summed E-state index contributed by atoms with van der Waals surface area (Å²) in [6, 6.07) is 9.03. The Kier molecular flexibility index (Phi) is 3.46. The number of pyridine rings is 1. The molecule has 0 spiro atoms. The molecule has 0 bridgehead atoms. The first-order valence-corrected chi connectivity index (χ1v) is 6.81. The van der Waals surface area contributed by atoms with Crippen LogP contribution in [0.5, 0.6) is 0 Å². The molecule has 0 saturated carbocycles. The molecule has 1 aromatic carbocycles. The minimum absolute atomic E-state index is 0.0443. The molecule has 0 unspecified atom stereocenters. The van der Waals surface area contributed by atoms with Crippen molar-refractivity contribution in [2.75, 3.05) is 5.32 Å². The number of nitrogens with zero attached hydrogens (tertiary/aromatic N) is 4. The highest BCUT2D eigenvalue weighted by atomic mass is 16.6. The molecule has 0 amide bonds. The molecule has 0 radical (unpaired) electrons. The van der Waals surface area contributed by atoms with E-state index >= 15 is 0 Å². The summed E-state index contributed by atoms with van der Waals surface area (Å²) >= 11 is 0. The summed E-state index contributed by atoms with van der Waals surface area (Å²) in [6.07, 6.45) is 1.52. The van der Waals surface area contributed by atoms with Crippen LogP contribution in [0.2, 0.25) is 0 Å². The van der Waals surface area contributed by atoms with E-state index in [0.717, 1.165) is 22.4 Å². The molecule has 22 heavy (non-hydrogen) atoms. The van der Waals surface area contributed by atoms with E-state index in [4.69, 9.17) is 0 Å². The third-order valence-corrected chi connectivity index (χ3v) is 3.53. The van der Waals surface area contributed by atoms with Gasteiger partial charge >= 0.3 is 5.69 Å². The van der Waals surface area contributed by atoms with Crippen molar-refractivity contribution in [2.24, 2.45) is 7.05 Å². The number of hydrogen-bond donors (Lipinski definition) is 1. The molecule has 2 heterocycles. The van der Waals surface area contributed by atoms with Gasteiger partial charge in [-0.05, 0) is 30.7 Å². The Morgan fingerprint density at radius 2 is 2.18 bits per heavy atom. The highest BCUT2D eigenvalue weighted by Crippen LogP contribution is 2.22. The summed E-state index contributed by atoms with van der Waals surface area (Å²) in [5.41, 5.74) is 3.04. The number of benzene rings is 1. The van der Waals surface area contributed by atoms with Crippen LogP contribution in [-0.2, 0) is 13.6 Å².